The molecular weight excluding hydrogens is 220 g/mol. The van der Waals surface area contributed by atoms with Crippen LogP contribution in [0.25, 0.3) is 0 Å². The number of hydrogen-bond donors (Lipinski definition) is 2. The Kier molecular flexibility index (Phi) is 5.25. The first-order chi connectivity index (χ1) is 8.00. The highest BCUT2D eigenvalue weighted by Gasteiger charge is 2.24. The van der Waals surface area contributed by atoms with E-state index in [-0.39, 0.29) is 19.0 Å². The highest BCUT2D eigenvalue weighted by Crippen LogP contribution is 2.24. The van der Waals surface area contributed by atoms with Gasteiger partial charge in [-0.2, -0.15) is 0 Å². The van der Waals surface area contributed by atoms with E-state index < -0.39 is 5.97 Å². The molecule has 1 saturated heterocycles. The number of urea groups is 1. The summed E-state index contributed by atoms with van der Waals surface area (Å²) in [6.07, 6.45) is 2.07. The molecule has 2 N–H and O–H groups in total. The van der Waals surface area contributed by atoms with Gasteiger partial charge in [-0.1, -0.05) is 13.8 Å². The van der Waals surface area contributed by atoms with Gasteiger partial charge in [0.25, 0.3) is 0 Å². The minimum Gasteiger partial charge on any atom is -0.481 e. The normalized spacial score (nSPS) is 17.2. The molecule has 0 atom stereocenters. The van der Waals surface area contributed by atoms with Crippen LogP contribution in [0.2, 0.25) is 0 Å². The molecule has 0 unspecified atom stereocenters. The van der Waals surface area contributed by atoms with E-state index in [2.05, 4.69) is 19.2 Å². The Morgan fingerprint density at radius 3 is 2.41 bits per heavy atom. The van der Waals surface area contributed by atoms with Gasteiger partial charge in [-0.25, -0.2) is 4.79 Å². The Hall–Kier alpha value is -1.26. The smallest absolute Gasteiger partial charge is 0.317 e. The lowest BCUT2D eigenvalue weighted by atomic mass is 9.87. The number of hydrogen-bond acceptors (Lipinski definition) is 2. The SMILES string of the molecule is CC(C)C1CCN(C(=O)NCCC(=O)O)CC1. The van der Waals surface area contributed by atoms with Crippen molar-refractivity contribution < 1.29 is 14.7 Å². The summed E-state index contributed by atoms with van der Waals surface area (Å²) < 4.78 is 0. The first kappa shape index (κ1) is 13.8. The lowest BCUT2D eigenvalue weighted by molar-refractivity contribution is -0.136. The highest BCUT2D eigenvalue weighted by atomic mass is 16.4. The second kappa shape index (κ2) is 6.47. The fourth-order valence-electron chi connectivity index (χ4n) is 2.16. The molecule has 0 aliphatic carbocycles. The molecule has 5 heteroatoms. The number of piperidine rings is 1. The van der Waals surface area contributed by atoms with E-state index in [4.69, 9.17) is 5.11 Å². The zero-order chi connectivity index (χ0) is 12.8. The van der Waals surface area contributed by atoms with Gasteiger partial charge in [-0.3, -0.25) is 4.79 Å². The number of nitrogens with one attached hydrogen (secondary N) is 1. The molecule has 17 heavy (non-hydrogen) atoms. The van der Waals surface area contributed by atoms with Crippen molar-refractivity contribution in [3.8, 4) is 0 Å². The number of aliphatic carboxylic acids is 1. The zero-order valence-electron chi connectivity index (χ0n) is 10.6. The number of carbonyl (C=O) groups is 2. The molecule has 1 rings (SSSR count). The Balaban J connectivity index is 2.24. The Morgan fingerprint density at radius 2 is 1.94 bits per heavy atom. The molecule has 1 fully saturated rings. The van der Waals surface area contributed by atoms with Gasteiger partial charge in [0.2, 0.25) is 0 Å². The van der Waals surface area contributed by atoms with Crippen LogP contribution in [-0.2, 0) is 4.79 Å². The maximum absolute atomic E-state index is 11.7. The van der Waals surface area contributed by atoms with Gasteiger partial charge in [0.15, 0.2) is 0 Å². The molecule has 0 saturated carbocycles. The number of carboxylic acid groups (broad SMARTS) is 1. The molecule has 0 bridgehead atoms. The summed E-state index contributed by atoms with van der Waals surface area (Å²) in [7, 11) is 0. The maximum atomic E-state index is 11.7. The van der Waals surface area contributed by atoms with Crippen molar-refractivity contribution in [1.29, 1.82) is 0 Å². The Morgan fingerprint density at radius 1 is 1.35 bits per heavy atom. The lowest BCUT2D eigenvalue weighted by Gasteiger charge is -2.33. The predicted octanol–water partition coefficient (Wildman–Crippen LogP) is 1.54. The Bertz CT molecular complexity index is 271. The molecule has 1 aliphatic rings. The predicted molar refractivity (Wildman–Crippen MR) is 64.8 cm³/mol. The molecule has 0 aromatic heterocycles. The van der Waals surface area contributed by atoms with Crippen molar-refractivity contribution in [1.82, 2.24) is 10.2 Å². The second-order valence-corrected chi connectivity index (χ2v) is 4.94. The van der Waals surface area contributed by atoms with Crippen molar-refractivity contribution in [3.05, 3.63) is 0 Å². The first-order valence-corrected chi connectivity index (χ1v) is 6.25. The van der Waals surface area contributed by atoms with Crippen molar-refractivity contribution in [3.63, 3.8) is 0 Å². The summed E-state index contributed by atoms with van der Waals surface area (Å²) >= 11 is 0. The van der Waals surface area contributed by atoms with Gasteiger partial charge in [-0.05, 0) is 24.7 Å². The summed E-state index contributed by atoms with van der Waals surface area (Å²) in [5.41, 5.74) is 0. The molecule has 1 heterocycles. The van der Waals surface area contributed by atoms with Gasteiger partial charge in [0.1, 0.15) is 0 Å². The minimum absolute atomic E-state index is 0.0196. The van der Waals surface area contributed by atoms with Crippen molar-refractivity contribution >= 4 is 12.0 Å². The monoisotopic (exact) mass is 242 g/mol. The van der Waals surface area contributed by atoms with E-state index in [0.29, 0.717) is 11.8 Å². The van der Waals surface area contributed by atoms with Gasteiger partial charge in [0, 0.05) is 19.6 Å². The third-order valence-corrected chi connectivity index (χ3v) is 3.38. The molecule has 5 nitrogen and oxygen atoms in total. The van der Waals surface area contributed by atoms with Crippen LogP contribution in [0.1, 0.15) is 33.1 Å². The molecular formula is C12H22N2O3. The van der Waals surface area contributed by atoms with Crippen LogP contribution in [0.4, 0.5) is 4.79 Å². The summed E-state index contributed by atoms with van der Waals surface area (Å²) in [6, 6.07) is -0.131. The fourth-order valence-corrected chi connectivity index (χ4v) is 2.16. The van der Waals surface area contributed by atoms with Crippen molar-refractivity contribution in [2.75, 3.05) is 19.6 Å². The van der Waals surface area contributed by atoms with Crippen LogP contribution in [-0.4, -0.2) is 41.6 Å². The third kappa shape index (κ3) is 4.63. The number of carbonyl (C=O) groups excluding carboxylic acids is 1. The summed E-state index contributed by atoms with van der Waals surface area (Å²) in [6.45, 7) is 6.20. The van der Waals surface area contributed by atoms with Crippen LogP contribution in [0, 0.1) is 11.8 Å². The summed E-state index contributed by atoms with van der Waals surface area (Å²) in [5.74, 6) is 0.495. The van der Waals surface area contributed by atoms with Crippen LogP contribution in [0.3, 0.4) is 0 Å². The lowest BCUT2D eigenvalue weighted by Crippen LogP contribution is -2.45. The topological polar surface area (TPSA) is 69.6 Å². The number of carboxylic acids is 1. The quantitative estimate of drug-likeness (QED) is 0.785. The zero-order valence-corrected chi connectivity index (χ0v) is 10.6. The number of likely N-dealkylation sites (tertiary alicyclic amines) is 1. The van der Waals surface area contributed by atoms with E-state index in [1.807, 2.05) is 0 Å². The average molecular weight is 242 g/mol. The second-order valence-electron chi connectivity index (χ2n) is 4.94. The van der Waals surface area contributed by atoms with Gasteiger partial charge >= 0.3 is 12.0 Å². The largest absolute Gasteiger partial charge is 0.481 e. The van der Waals surface area contributed by atoms with E-state index in [1.165, 1.54) is 0 Å². The standard InChI is InChI=1S/C12H22N2O3/c1-9(2)10-4-7-14(8-5-10)12(17)13-6-3-11(15)16/h9-10H,3-8H2,1-2H3,(H,13,17)(H,15,16). The summed E-state index contributed by atoms with van der Waals surface area (Å²) in [4.78, 5) is 23.8. The van der Waals surface area contributed by atoms with Crippen LogP contribution in [0.5, 0.6) is 0 Å². The van der Waals surface area contributed by atoms with E-state index >= 15 is 0 Å². The number of nitrogens with zero attached hydrogens (tertiary/aromatic N) is 1. The third-order valence-electron chi connectivity index (χ3n) is 3.38. The molecule has 98 valence electrons. The van der Waals surface area contributed by atoms with E-state index in [9.17, 15) is 9.59 Å². The van der Waals surface area contributed by atoms with Crippen molar-refractivity contribution in [2.45, 2.75) is 33.1 Å². The minimum atomic E-state index is -0.885. The van der Waals surface area contributed by atoms with E-state index in [1.54, 1.807) is 4.90 Å². The highest BCUT2D eigenvalue weighted by molar-refractivity contribution is 5.75. The molecule has 2 amide bonds. The van der Waals surface area contributed by atoms with Gasteiger partial charge in [-0.15, -0.1) is 0 Å². The maximum Gasteiger partial charge on any atom is 0.317 e. The van der Waals surface area contributed by atoms with Gasteiger partial charge < -0.3 is 15.3 Å². The Labute approximate surface area is 102 Å². The van der Waals surface area contributed by atoms with Gasteiger partial charge in [0.05, 0.1) is 6.42 Å². The van der Waals surface area contributed by atoms with Crippen LogP contribution in [0.15, 0.2) is 0 Å². The van der Waals surface area contributed by atoms with E-state index in [0.717, 1.165) is 25.9 Å². The fraction of sp³-hybridized carbons (Fsp3) is 0.833. The molecule has 0 aromatic carbocycles. The molecule has 0 aromatic rings. The molecule has 0 spiro atoms. The van der Waals surface area contributed by atoms with Crippen LogP contribution < -0.4 is 5.32 Å². The van der Waals surface area contributed by atoms with Crippen molar-refractivity contribution in [2.24, 2.45) is 11.8 Å². The number of amides is 2. The average Bonchev–Trinajstić information content (AvgIpc) is 2.28. The summed E-state index contributed by atoms with van der Waals surface area (Å²) in [5, 5.41) is 11.1. The number of rotatable bonds is 4. The first-order valence-electron chi connectivity index (χ1n) is 6.25. The van der Waals surface area contributed by atoms with Crippen LogP contribution >= 0.6 is 0 Å². The molecule has 1 aliphatic heterocycles. The molecule has 0 radical (unpaired) electrons.